The highest BCUT2D eigenvalue weighted by Gasteiger charge is 2.17. The fourth-order valence-electron chi connectivity index (χ4n) is 2.18. The van der Waals surface area contributed by atoms with Crippen molar-refractivity contribution < 1.29 is 0 Å². The summed E-state index contributed by atoms with van der Waals surface area (Å²) in [5.41, 5.74) is 8.45. The van der Waals surface area contributed by atoms with E-state index in [0.717, 1.165) is 17.5 Å². The summed E-state index contributed by atoms with van der Waals surface area (Å²) in [4.78, 5) is 2.34. The second-order valence-corrected chi connectivity index (χ2v) is 5.85. The van der Waals surface area contributed by atoms with Crippen LogP contribution in [0.5, 0.6) is 0 Å². The highest BCUT2D eigenvalue weighted by Crippen LogP contribution is 2.25. The first kappa shape index (κ1) is 15.5. The van der Waals surface area contributed by atoms with Gasteiger partial charge >= 0.3 is 0 Å². The molecule has 0 aliphatic rings. The zero-order valence-corrected chi connectivity index (χ0v) is 12.7. The second kappa shape index (κ2) is 7.13. The van der Waals surface area contributed by atoms with Crippen molar-refractivity contribution in [1.82, 2.24) is 4.90 Å². The number of likely N-dealkylation sites (N-methyl/N-ethyl adjacent to an activating group) is 1. The molecule has 1 unspecified atom stereocenters. The van der Waals surface area contributed by atoms with Gasteiger partial charge in [0.2, 0.25) is 0 Å². The Balaban J connectivity index is 2.81. The Hall–Kier alpha value is -0.570. The standard InChI is InChI=1S/C15H25ClN2/c1-11(2)7-8-18(4)15(10-17)14-6-5-13(16)9-12(14)3/h5-6,9,11,15H,7-8,10,17H2,1-4H3. The number of rotatable bonds is 6. The highest BCUT2D eigenvalue weighted by molar-refractivity contribution is 6.30. The number of benzene rings is 1. The predicted octanol–water partition coefficient (Wildman–Crippen LogP) is 3.63. The van der Waals surface area contributed by atoms with Gasteiger partial charge in [0.05, 0.1) is 0 Å². The molecule has 102 valence electrons. The Morgan fingerprint density at radius 2 is 2.00 bits per heavy atom. The van der Waals surface area contributed by atoms with Gasteiger partial charge in [0.15, 0.2) is 0 Å². The van der Waals surface area contributed by atoms with Crippen molar-refractivity contribution >= 4 is 11.6 Å². The van der Waals surface area contributed by atoms with Crippen LogP contribution in [-0.4, -0.2) is 25.0 Å². The Morgan fingerprint density at radius 3 is 2.50 bits per heavy atom. The Morgan fingerprint density at radius 1 is 1.33 bits per heavy atom. The van der Waals surface area contributed by atoms with E-state index in [1.54, 1.807) is 0 Å². The zero-order valence-electron chi connectivity index (χ0n) is 11.9. The molecule has 0 amide bonds. The maximum atomic E-state index is 6.00. The van der Waals surface area contributed by atoms with E-state index in [9.17, 15) is 0 Å². The van der Waals surface area contributed by atoms with E-state index in [1.165, 1.54) is 17.5 Å². The number of nitrogens with zero attached hydrogens (tertiary/aromatic N) is 1. The summed E-state index contributed by atoms with van der Waals surface area (Å²) in [5, 5.41) is 0.789. The van der Waals surface area contributed by atoms with Crippen molar-refractivity contribution in [3.8, 4) is 0 Å². The first-order chi connectivity index (χ1) is 8.45. The molecule has 0 saturated carbocycles. The third kappa shape index (κ3) is 4.27. The fourth-order valence-corrected chi connectivity index (χ4v) is 2.40. The minimum atomic E-state index is 0.279. The molecule has 0 bridgehead atoms. The quantitative estimate of drug-likeness (QED) is 0.854. The SMILES string of the molecule is Cc1cc(Cl)ccc1C(CN)N(C)CCC(C)C. The molecule has 1 aromatic rings. The van der Waals surface area contributed by atoms with E-state index in [-0.39, 0.29) is 6.04 Å². The number of aryl methyl sites for hydroxylation is 1. The summed E-state index contributed by atoms with van der Waals surface area (Å²) >= 11 is 6.00. The van der Waals surface area contributed by atoms with Crippen LogP contribution >= 0.6 is 11.6 Å². The molecule has 1 rings (SSSR count). The molecule has 0 radical (unpaired) electrons. The van der Waals surface area contributed by atoms with Gasteiger partial charge in [-0.2, -0.15) is 0 Å². The summed E-state index contributed by atoms with van der Waals surface area (Å²) in [7, 11) is 2.15. The van der Waals surface area contributed by atoms with Gasteiger partial charge in [0.1, 0.15) is 0 Å². The van der Waals surface area contributed by atoms with Gasteiger partial charge in [-0.3, -0.25) is 4.90 Å². The van der Waals surface area contributed by atoms with Crippen LogP contribution in [0.4, 0.5) is 0 Å². The van der Waals surface area contributed by atoms with Gasteiger partial charge < -0.3 is 5.73 Å². The van der Waals surface area contributed by atoms with Crippen molar-refractivity contribution in [1.29, 1.82) is 0 Å². The number of hydrogen-bond donors (Lipinski definition) is 1. The zero-order chi connectivity index (χ0) is 13.7. The Kier molecular flexibility index (Phi) is 6.13. The van der Waals surface area contributed by atoms with E-state index in [4.69, 9.17) is 17.3 Å². The third-order valence-corrected chi connectivity index (χ3v) is 3.64. The molecule has 18 heavy (non-hydrogen) atoms. The van der Waals surface area contributed by atoms with Crippen LogP contribution in [0.1, 0.15) is 37.4 Å². The Bertz CT molecular complexity index is 377. The molecule has 0 aromatic heterocycles. The summed E-state index contributed by atoms with van der Waals surface area (Å²) in [6, 6.07) is 6.33. The summed E-state index contributed by atoms with van der Waals surface area (Å²) in [5.74, 6) is 0.720. The second-order valence-electron chi connectivity index (χ2n) is 5.42. The first-order valence-electron chi connectivity index (χ1n) is 6.62. The van der Waals surface area contributed by atoms with Crippen LogP contribution in [0.25, 0.3) is 0 Å². The van der Waals surface area contributed by atoms with Gasteiger partial charge in [-0.1, -0.05) is 31.5 Å². The van der Waals surface area contributed by atoms with E-state index in [2.05, 4.69) is 38.8 Å². The van der Waals surface area contributed by atoms with E-state index >= 15 is 0 Å². The lowest BCUT2D eigenvalue weighted by molar-refractivity contribution is 0.235. The normalized spacial score (nSPS) is 13.3. The number of hydrogen-bond acceptors (Lipinski definition) is 2. The van der Waals surface area contributed by atoms with Gasteiger partial charge in [0.25, 0.3) is 0 Å². The molecule has 2 nitrogen and oxygen atoms in total. The minimum absolute atomic E-state index is 0.279. The van der Waals surface area contributed by atoms with Crippen LogP contribution in [0.2, 0.25) is 5.02 Å². The molecular weight excluding hydrogens is 244 g/mol. The fraction of sp³-hybridized carbons (Fsp3) is 0.600. The van der Waals surface area contributed by atoms with Crippen LogP contribution in [0, 0.1) is 12.8 Å². The first-order valence-corrected chi connectivity index (χ1v) is 6.99. The molecular formula is C15H25ClN2. The Labute approximate surface area is 116 Å². The van der Waals surface area contributed by atoms with Crippen LogP contribution in [-0.2, 0) is 0 Å². The predicted molar refractivity (Wildman–Crippen MR) is 80.1 cm³/mol. The average Bonchev–Trinajstić information content (AvgIpc) is 2.30. The molecule has 1 atom stereocenters. The van der Waals surface area contributed by atoms with Gasteiger partial charge in [-0.05, 0) is 56.1 Å². The van der Waals surface area contributed by atoms with Crippen LogP contribution < -0.4 is 5.73 Å². The average molecular weight is 269 g/mol. The third-order valence-electron chi connectivity index (χ3n) is 3.41. The number of nitrogens with two attached hydrogens (primary N) is 1. The molecule has 0 aliphatic heterocycles. The maximum absolute atomic E-state index is 6.00. The monoisotopic (exact) mass is 268 g/mol. The molecule has 0 fully saturated rings. The summed E-state index contributed by atoms with van der Waals surface area (Å²) < 4.78 is 0. The van der Waals surface area contributed by atoms with Crippen molar-refractivity contribution in [2.45, 2.75) is 33.2 Å². The van der Waals surface area contributed by atoms with E-state index < -0.39 is 0 Å². The molecule has 0 aliphatic carbocycles. The lowest BCUT2D eigenvalue weighted by Crippen LogP contribution is -2.32. The smallest absolute Gasteiger partial charge is 0.0470 e. The van der Waals surface area contributed by atoms with Gasteiger partial charge in [-0.25, -0.2) is 0 Å². The van der Waals surface area contributed by atoms with Gasteiger partial charge in [-0.15, -0.1) is 0 Å². The molecule has 1 aromatic carbocycles. The van der Waals surface area contributed by atoms with Crippen molar-refractivity contribution in [2.75, 3.05) is 20.1 Å². The molecule has 0 heterocycles. The topological polar surface area (TPSA) is 29.3 Å². The van der Waals surface area contributed by atoms with Crippen molar-refractivity contribution in [3.63, 3.8) is 0 Å². The largest absolute Gasteiger partial charge is 0.329 e. The molecule has 2 N–H and O–H groups in total. The maximum Gasteiger partial charge on any atom is 0.0470 e. The van der Waals surface area contributed by atoms with Crippen molar-refractivity contribution in [2.24, 2.45) is 11.7 Å². The lowest BCUT2D eigenvalue weighted by Gasteiger charge is -2.29. The van der Waals surface area contributed by atoms with E-state index in [1.807, 2.05) is 12.1 Å². The van der Waals surface area contributed by atoms with E-state index in [0.29, 0.717) is 6.54 Å². The molecule has 3 heteroatoms. The lowest BCUT2D eigenvalue weighted by atomic mass is 9.99. The minimum Gasteiger partial charge on any atom is -0.329 e. The van der Waals surface area contributed by atoms with Crippen LogP contribution in [0.15, 0.2) is 18.2 Å². The number of halogens is 1. The summed E-state index contributed by atoms with van der Waals surface area (Å²) in [6.07, 6.45) is 1.19. The summed E-state index contributed by atoms with van der Waals surface area (Å²) in [6.45, 7) is 8.30. The van der Waals surface area contributed by atoms with Gasteiger partial charge in [0, 0.05) is 17.6 Å². The highest BCUT2D eigenvalue weighted by atomic mass is 35.5. The molecule has 0 spiro atoms. The molecule has 0 saturated heterocycles. The van der Waals surface area contributed by atoms with Crippen molar-refractivity contribution in [3.05, 3.63) is 34.3 Å². The van der Waals surface area contributed by atoms with Crippen LogP contribution in [0.3, 0.4) is 0 Å².